The Hall–Kier alpha value is -1.55. The van der Waals surface area contributed by atoms with E-state index in [9.17, 15) is 15.0 Å². The number of aliphatic hydroxyl groups is 1. The van der Waals surface area contributed by atoms with Crippen molar-refractivity contribution in [3.63, 3.8) is 0 Å². The highest BCUT2D eigenvalue weighted by atomic mass is 16.5. The molecule has 0 aromatic heterocycles. The zero-order valence-electron chi connectivity index (χ0n) is 8.02. The first-order valence-electron chi connectivity index (χ1n) is 4.11. The van der Waals surface area contributed by atoms with Crippen molar-refractivity contribution >= 4 is 5.97 Å². The van der Waals surface area contributed by atoms with Crippen LogP contribution in [0.25, 0.3) is 0 Å². The second-order valence-electron chi connectivity index (χ2n) is 2.97. The number of hydrogen-bond donors (Lipinski definition) is 2. The van der Waals surface area contributed by atoms with Crippen LogP contribution in [-0.2, 0) is 9.53 Å². The molecule has 1 unspecified atom stereocenters. The fourth-order valence-electron chi connectivity index (χ4n) is 1.04. The summed E-state index contributed by atoms with van der Waals surface area (Å²) in [7, 11) is 1.19. The number of aryl methyl sites for hydroxylation is 1. The molecule has 0 bridgehead atoms. The van der Waals surface area contributed by atoms with Crippen molar-refractivity contribution in [1.82, 2.24) is 0 Å². The molecular formula is C10H12O4. The fourth-order valence-corrected chi connectivity index (χ4v) is 1.04. The van der Waals surface area contributed by atoms with Crippen molar-refractivity contribution in [3.8, 4) is 5.75 Å². The summed E-state index contributed by atoms with van der Waals surface area (Å²) in [4.78, 5) is 11.0. The number of phenolic OH excluding ortho intramolecular Hbond substituents is 1. The molecule has 14 heavy (non-hydrogen) atoms. The summed E-state index contributed by atoms with van der Waals surface area (Å²) in [5, 5.41) is 18.8. The first-order chi connectivity index (χ1) is 6.56. The van der Waals surface area contributed by atoms with Crippen molar-refractivity contribution in [2.45, 2.75) is 13.0 Å². The van der Waals surface area contributed by atoms with Gasteiger partial charge in [0.05, 0.1) is 7.11 Å². The highest BCUT2D eigenvalue weighted by molar-refractivity contribution is 5.76. The van der Waals surface area contributed by atoms with Gasteiger partial charge in [0.1, 0.15) is 5.75 Å². The Morgan fingerprint density at radius 2 is 2.14 bits per heavy atom. The number of ether oxygens (including phenoxy) is 1. The van der Waals surface area contributed by atoms with Gasteiger partial charge in [-0.1, -0.05) is 12.1 Å². The van der Waals surface area contributed by atoms with Gasteiger partial charge >= 0.3 is 5.97 Å². The number of hydrogen-bond acceptors (Lipinski definition) is 4. The quantitative estimate of drug-likeness (QED) is 0.690. The van der Waals surface area contributed by atoms with Gasteiger partial charge in [-0.25, -0.2) is 4.79 Å². The predicted molar refractivity (Wildman–Crippen MR) is 49.8 cm³/mol. The van der Waals surface area contributed by atoms with Crippen LogP contribution in [0.5, 0.6) is 5.75 Å². The minimum Gasteiger partial charge on any atom is -0.508 e. The fraction of sp³-hybridized carbons (Fsp3) is 0.300. The van der Waals surface area contributed by atoms with Gasteiger partial charge in [-0.2, -0.15) is 0 Å². The molecule has 1 atom stereocenters. The Bertz CT molecular complexity index is 346. The van der Waals surface area contributed by atoms with Gasteiger partial charge in [0.25, 0.3) is 0 Å². The number of carbonyl (C=O) groups is 1. The molecule has 76 valence electrons. The number of carbonyl (C=O) groups excluding carboxylic acids is 1. The number of phenols is 1. The molecule has 1 rings (SSSR count). The molecule has 0 amide bonds. The first-order valence-corrected chi connectivity index (χ1v) is 4.11. The molecule has 4 nitrogen and oxygen atoms in total. The highest BCUT2D eigenvalue weighted by Crippen LogP contribution is 2.22. The monoisotopic (exact) mass is 196 g/mol. The van der Waals surface area contributed by atoms with E-state index in [-0.39, 0.29) is 5.75 Å². The molecule has 0 aliphatic carbocycles. The first kappa shape index (κ1) is 10.5. The minimum absolute atomic E-state index is 0.0467. The number of rotatable bonds is 2. The number of aromatic hydroxyl groups is 1. The second-order valence-corrected chi connectivity index (χ2v) is 2.97. The summed E-state index contributed by atoms with van der Waals surface area (Å²) < 4.78 is 4.37. The molecule has 0 spiro atoms. The third-order valence-electron chi connectivity index (χ3n) is 1.97. The summed E-state index contributed by atoms with van der Waals surface area (Å²) in [5.41, 5.74) is 1.01. The Kier molecular flexibility index (Phi) is 3.09. The van der Waals surface area contributed by atoms with Crippen LogP contribution in [0.2, 0.25) is 0 Å². The van der Waals surface area contributed by atoms with E-state index in [0.29, 0.717) is 11.1 Å². The maximum absolute atomic E-state index is 11.0. The molecule has 1 aromatic rings. The van der Waals surface area contributed by atoms with E-state index in [0.717, 1.165) is 0 Å². The normalized spacial score (nSPS) is 12.2. The maximum Gasteiger partial charge on any atom is 0.339 e. The number of aliphatic hydroxyl groups excluding tert-OH is 1. The molecule has 0 fully saturated rings. The maximum atomic E-state index is 11.0. The summed E-state index contributed by atoms with van der Waals surface area (Å²) in [6.07, 6.45) is -1.34. The molecular weight excluding hydrogens is 184 g/mol. The molecule has 0 saturated carbocycles. The van der Waals surface area contributed by atoms with Gasteiger partial charge in [-0.05, 0) is 24.1 Å². The van der Waals surface area contributed by atoms with Crippen molar-refractivity contribution in [2.24, 2.45) is 0 Å². The number of benzene rings is 1. The van der Waals surface area contributed by atoms with Crippen LogP contribution in [0, 0.1) is 6.92 Å². The van der Waals surface area contributed by atoms with E-state index in [1.54, 1.807) is 19.1 Å². The Balaban J connectivity index is 2.96. The molecule has 2 N–H and O–H groups in total. The zero-order chi connectivity index (χ0) is 10.7. The van der Waals surface area contributed by atoms with E-state index in [4.69, 9.17) is 0 Å². The van der Waals surface area contributed by atoms with Gasteiger partial charge in [0.2, 0.25) is 0 Å². The standard InChI is InChI=1S/C10H12O4/c1-6-3-4-7(5-8(6)11)9(12)10(13)14-2/h3-5,9,11-12H,1-2H3. The largest absolute Gasteiger partial charge is 0.508 e. The smallest absolute Gasteiger partial charge is 0.339 e. The Morgan fingerprint density at radius 3 is 2.64 bits per heavy atom. The van der Waals surface area contributed by atoms with E-state index in [1.807, 2.05) is 0 Å². The topological polar surface area (TPSA) is 66.8 Å². The van der Waals surface area contributed by atoms with Crippen molar-refractivity contribution in [3.05, 3.63) is 29.3 Å². The van der Waals surface area contributed by atoms with Crippen molar-refractivity contribution in [1.29, 1.82) is 0 Å². The van der Waals surface area contributed by atoms with Gasteiger partial charge in [0, 0.05) is 0 Å². The van der Waals surface area contributed by atoms with Crippen LogP contribution in [0.15, 0.2) is 18.2 Å². The van der Waals surface area contributed by atoms with Crippen LogP contribution in [-0.4, -0.2) is 23.3 Å². The second kappa shape index (κ2) is 4.11. The molecule has 4 heteroatoms. The minimum atomic E-state index is -1.34. The van der Waals surface area contributed by atoms with Crippen molar-refractivity contribution in [2.75, 3.05) is 7.11 Å². The predicted octanol–water partition coefficient (Wildman–Crippen LogP) is 0.907. The summed E-state index contributed by atoms with van der Waals surface area (Å²) in [5.74, 6) is -0.696. The van der Waals surface area contributed by atoms with Crippen LogP contribution in [0.1, 0.15) is 17.2 Å². The summed E-state index contributed by atoms with van der Waals surface area (Å²) in [6, 6.07) is 4.53. The lowest BCUT2D eigenvalue weighted by Gasteiger charge is -2.09. The van der Waals surface area contributed by atoms with Crippen LogP contribution in [0.3, 0.4) is 0 Å². The Labute approximate surface area is 81.8 Å². The average Bonchev–Trinajstić information content (AvgIpc) is 2.20. The molecule has 1 aromatic carbocycles. The van der Waals surface area contributed by atoms with Gasteiger partial charge in [-0.15, -0.1) is 0 Å². The van der Waals surface area contributed by atoms with Gasteiger partial charge in [-0.3, -0.25) is 0 Å². The van der Waals surface area contributed by atoms with E-state index in [2.05, 4.69) is 4.74 Å². The molecule has 0 radical (unpaired) electrons. The molecule has 0 aliphatic heterocycles. The summed E-state index contributed by atoms with van der Waals surface area (Å²) in [6.45, 7) is 1.73. The molecule has 0 saturated heterocycles. The lowest BCUT2D eigenvalue weighted by molar-refractivity contribution is -0.150. The van der Waals surface area contributed by atoms with Crippen LogP contribution >= 0.6 is 0 Å². The number of esters is 1. The van der Waals surface area contributed by atoms with E-state index >= 15 is 0 Å². The average molecular weight is 196 g/mol. The SMILES string of the molecule is COC(=O)C(O)c1ccc(C)c(O)c1. The zero-order valence-corrected chi connectivity index (χ0v) is 8.02. The number of methoxy groups -OCH3 is 1. The van der Waals surface area contributed by atoms with Gasteiger partial charge < -0.3 is 14.9 Å². The Morgan fingerprint density at radius 1 is 1.50 bits per heavy atom. The summed E-state index contributed by atoms with van der Waals surface area (Å²) >= 11 is 0. The van der Waals surface area contributed by atoms with Crippen molar-refractivity contribution < 1.29 is 19.7 Å². The van der Waals surface area contributed by atoms with E-state index in [1.165, 1.54) is 13.2 Å². The third-order valence-corrected chi connectivity index (χ3v) is 1.97. The lowest BCUT2D eigenvalue weighted by atomic mass is 10.1. The lowest BCUT2D eigenvalue weighted by Crippen LogP contribution is -2.13. The molecule has 0 heterocycles. The van der Waals surface area contributed by atoms with Crippen LogP contribution < -0.4 is 0 Å². The highest BCUT2D eigenvalue weighted by Gasteiger charge is 2.18. The van der Waals surface area contributed by atoms with Gasteiger partial charge in [0.15, 0.2) is 6.10 Å². The van der Waals surface area contributed by atoms with E-state index < -0.39 is 12.1 Å². The van der Waals surface area contributed by atoms with Crippen LogP contribution in [0.4, 0.5) is 0 Å². The third kappa shape index (κ3) is 2.03. The molecule has 0 aliphatic rings.